The van der Waals surface area contributed by atoms with Crippen molar-refractivity contribution in [3.05, 3.63) is 95.8 Å². The Labute approximate surface area is 140 Å². The molecule has 0 atom stereocenters. The molecule has 120 valence electrons. The van der Waals surface area contributed by atoms with Gasteiger partial charge in [0.1, 0.15) is 18.2 Å². The largest absolute Gasteiger partial charge is 0.489 e. The summed E-state index contributed by atoms with van der Waals surface area (Å²) in [4.78, 5) is 0. The standard InChI is InChI=1S/C20H17FN2O/c21-20-9-5-4-6-17(20)15-24-19-12-10-16(11-13-19)14-22-23-18-7-2-1-3-8-18/h1-14,23H,15H2/b22-14+. The van der Waals surface area contributed by atoms with Crippen molar-refractivity contribution in [3.8, 4) is 5.75 Å². The first-order valence-corrected chi connectivity index (χ1v) is 7.62. The van der Waals surface area contributed by atoms with Crippen molar-refractivity contribution in [1.29, 1.82) is 0 Å². The molecule has 0 radical (unpaired) electrons. The molecule has 0 fully saturated rings. The van der Waals surface area contributed by atoms with E-state index in [1.807, 2.05) is 54.6 Å². The van der Waals surface area contributed by atoms with Crippen molar-refractivity contribution in [1.82, 2.24) is 0 Å². The van der Waals surface area contributed by atoms with Crippen molar-refractivity contribution >= 4 is 11.9 Å². The van der Waals surface area contributed by atoms with E-state index < -0.39 is 0 Å². The van der Waals surface area contributed by atoms with Gasteiger partial charge in [-0.25, -0.2) is 4.39 Å². The highest BCUT2D eigenvalue weighted by molar-refractivity contribution is 5.80. The molecule has 1 N–H and O–H groups in total. The number of nitrogens with zero attached hydrogens (tertiary/aromatic N) is 1. The van der Waals surface area contributed by atoms with Crippen molar-refractivity contribution in [2.24, 2.45) is 5.10 Å². The van der Waals surface area contributed by atoms with Gasteiger partial charge in [0.15, 0.2) is 0 Å². The minimum Gasteiger partial charge on any atom is -0.489 e. The SMILES string of the molecule is Fc1ccccc1COc1ccc(/C=N/Nc2ccccc2)cc1. The van der Waals surface area contributed by atoms with Crippen LogP contribution in [0.3, 0.4) is 0 Å². The molecule has 0 saturated carbocycles. The van der Waals surface area contributed by atoms with Crippen LogP contribution in [0.15, 0.2) is 84.0 Å². The van der Waals surface area contributed by atoms with Crippen LogP contribution in [0.5, 0.6) is 5.75 Å². The van der Waals surface area contributed by atoms with Gasteiger partial charge in [0.25, 0.3) is 0 Å². The molecule has 3 aromatic carbocycles. The van der Waals surface area contributed by atoms with E-state index in [2.05, 4.69) is 10.5 Å². The summed E-state index contributed by atoms with van der Waals surface area (Å²) in [6.45, 7) is 0.204. The van der Waals surface area contributed by atoms with Gasteiger partial charge in [-0.05, 0) is 48.0 Å². The number of para-hydroxylation sites is 1. The van der Waals surface area contributed by atoms with Crippen molar-refractivity contribution in [2.45, 2.75) is 6.61 Å². The van der Waals surface area contributed by atoms with Crippen LogP contribution in [0.2, 0.25) is 0 Å². The number of anilines is 1. The minimum atomic E-state index is -0.256. The monoisotopic (exact) mass is 320 g/mol. The molecule has 0 saturated heterocycles. The maximum Gasteiger partial charge on any atom is 0.129 e. The third-order valence-corrected chi connectivity index (χ3v) is 3.41. The second kappa shape index (κ2) is 7.92. The summed E-state index contributed by atoms with van der Waals surface area (Å²) in [6.07, 6.45) is 1.73. The fourth-order valence-corrected chi connectivity index (χ4v) is 2.12. The zero-order chi connectivity index (χ0) is 16.6. The Morgan fingerprint density at radius 2 is 1.58 bits per heavy atom. The maximum atomic E-state index is 13.5. The molecular weight excluding hydrogens is 303 g/mol. The zero-order valence-electron chi connectivity index (χ0n) is 13.0. The van der Waals surface area contributed by atoms with Crippen LogP contribution in [-0.2, 0) is 6.61 Å². The van der Waals surface area contributed by atoms with Gasteiger partial charge in [-0.15, -0.1) is 0 Å². The van der Waals surface area contributed by atoms with E-state index >= 15 is 0 Å². The first-order valence-electron chi connectivity index (χ1n) is 7.62. The maximum absolute atomic E-state index is 13.5. The number of hydrazone groups is 1. The van der Waals surface area contributed by atoms with E-state index in [-0.39, 0.29) is 12.4 Å². The third-order valence-electron chi connectivity index (χ3n) is 3.41. The predicted octanol–water partition coefficient (Wildman–Crippen LogP) is 4.85. The average Bonchev–Trinajstić information content (AvgIpc) is 2.63. The lowest BCUT2D eigenvalue weighted by Crippen LogP contribution is -1.98. The Morgan fingerprint density at radius 1 is 0.875 bits per heavy atom. The summed E-state index contributed by atoms with van der Waals surface area (Å²) in [5.74, 6) is 0.430. The Hall–Kier alpha value is -3.14. The molecule has 0 amide bonds. The van der Waals surface area contributed by atoms with E-state index in [1.165, 1.54) is 6.07 Å². The minimum absolute atomic E-state index is 0.204. The highest BCUT2D eigenvalue weighted by Gasteiger charge is 2.01. The number of hydrogen-bond acceptors (Lipinski definition) is 3. The molecule has 3 aromatic rings. The van der Waals surface area contributed by atoms with E-state index in [0.717, 1.165) is 11.3 Å². The molecule has 0 aromatic heterocycles. The quantitative estimate of drug-likeness (QED) is 0.520. The number of rotatable bonds is 6. The van der Waals surface area contributed by atoms with Gasteiger partial charge in [-0.3, -0.25) is 5.43 Å². The molecule has 0 aliphatic carbocycles. The van der Waals surface area contributed by atoms with Gasteiger partial charge in [0, 0.05) is 5.56 Å². The second-order valence-electron chi connectivity index (χ2n) is 5.19. The van der Waals surface area contributed by atoms with Crippen LogP contribution in [0.25, 0.3) is 0 Å². The molecule has 0 bridgehead atoms. The van der Waals surface area contributed by atoms with Crippen molar-refractivity contribution in [2.75, 3.05) is 5.43 Å². The van der Waals surface area contributed by atoms with Crippen LogP contribution in [0, 0.1) is 5.82 Å². The van der Waals surface area contributed by atoms with Gasteiger partial charge < -0.3 is 4.74 Å². The van der Waals surface area contributed by atoms with Crippen molar-refractivity contribution < 1.29 is 9.13 Å². The fraction of sp³-hybridized carbons (Fsp3) is 0.0500. The zero-order valence-corrected chi connectivity index (χ0v) is 13.0. The third kappa shape index (κ3) is 4.43. The van der Waals surface area contributed by atoms with E-state index in [1.54, 1.807) is 24.4 Å². The number of nitrogens with one attached hydrogen (secondary N) is 1. The summed E-state index contributed by atoms with van der Waals surface area (Å²) in [7, 11) is 0. The van der Waals surface area contributed by atoms with Gasteiger partial charge >= 0.3 is 0 Å². The molecule has 24 heavy (non-hydrogen) atoms. The Bertz CT molecular complexity index is 801. The molecule has 3 rings (SSSR count). The van der Waals surface area contributed by atoms with Crippen molar-refractivity contribution in [3.63, 3.8) is 0 Å². The summed E-state index contributed by atoms with van der Waals surface area (Å²) >= 11 is 0. The lowest BCUT2D eigenvalue weighted by atomic mass is 10.2. The fourth-order valence-electron chi connectivity index (χ4n) is 2.12. The first kappa shape index (κ1) is 15.7. The molecule has 0 heterocycles. The molecule has 0 spiro atoms. The lowest BCUT2D eigenvalue weighted by Gasteiger charge is -2.07. The Morgan fingerprint density at radius 3 is 2.33 bits per heavy atom. The van der Waals surface area contributed by atoms with E-state index in [0.29, 0.717) is 11.3 Å². The number of ether oxygens (including phenoxy) is 1. The summed E-state index contributed by atoms with van der Waals surface area (Å²) < 4.78 is 19.1. The number of benzene rings is 3. The second-order valence-corrected chi connectivity index (χ2v) is 5.19. The summed E-state index contributed by atoms with van der Waals surface area (Å²) in [5, 5.41) is 4.18. The molecule has 3 nitrogen and oxygen atoms in total. The number of hydrogen-bond donors (Lipinski definition) is 1. The Kier molecular flexibility index (Phi) is 5.20. The summed E-state index contributed by atoms with van der Waals surface area (Å²) in [6, 6.07) is 23.8. The van der Waals surface area contributed by atoms with Gasteiger partial charge in [-0.2, -0.15) is 5.10 Å². The van der Waals surface area contributed by atoms with Gasteiger partial charge in [0.05, 0.1) is 11.9 Å². The molecular formula is C20H17FN2O. The first-order chi connectivity index (χ1) is 11.8. The topological polar surface area (TPSA) is 33.6 Å². The van der Waals surface area contributed by atoms with E-state index in [9.17, 15) is 4.39 Å². The highest BCUT2D eigenvalue weighted by atomic mass is 19.1. The van der Waals surface area contributed by atoms with Gasteiger partial charge in [0.2, 0.25) is 0 Å². The predicted molar refractivity (Wildman–Crippen MR) is 94.8 cm³/mol. The van der Waals surface area contributed by atoms with E-state index in [4.69, 9.17) is 4.74 Å². The molecule has 0 unspecified atom stereocenters. The normalized spacial score (nSPS) is 10.7. The Balaban J connectivity index is 1.54. The molecule has 0 aliphatic heterocycles. The lowest BCUT2D eigenvalue weighted by molar-refractivity contribution is 0.300. The average molecular weight is 320 g/mol. The van der Waals surface area contributed by atoms with Gasteiger partial charge in [-0.1, -0.05) is 36.4 Å². The molecule has 4 heteroatoms. The van der Waals surface area contributed by atoms with Crippen LogP contribution in [0.4, 0.5) is 10.1 Å². The van der Waals surface area contributed by atoms with Crippen LogP contribution < -0.4 is 10.2 Å². The van der Waals surface area contributed by atoms with Crippen LogP contribution in [0.1, 0.15) is 11.1 Å². The highest BCUT2D eigenvalue weighted by Crippen LogP contribution is 2.15. The van der Waals surface area contributed by atoms with Crippen LogP contribution >= 0.6 is 0 Å². The van der Waals surface area contributed by atoms with Crippen LogP contribution in [-0.4, -0.2) is 6.21 Å². The summed E-state index contributed by atoms with van der Waals surface area (Å²) in [5.41, 5.74) is 5.36. The smallest absolute Gasteiger partial charge is 0.129 e. The molecule has 0 aliphatic rings. The number of halogens is 1.